The smallest absolute Gasteiger partial charge is 0.350 e. The van der Waals surface area contributed by atoms with Crippen molar-refractivity contribution in [3.05, 3.63) is 80.3 Å². The number of aromatic nitrogens is 1. The molecule has 3 aromatic rings. The number of thiazole rings is 1. The molecular formula is C28H27ClN2O6S. The number of halogens is 1. The van der Waals surface area contributed by atoms with Gasteiger partial charge in [-0.05, 0) is 76.1 Å². The normalized spacial score (nSPS) is 16.8. The van der Waals surface area contributed by atoms with Gasteiger partial charge in [-0.15, -0.1) is 0 Å². The van der Waals surface area contributed by atoms with E-state index in [1.54, 1.807) is 56.3 Å². The average Bonchev–Trinajstić information content (AvgIpc) is 3.37. The molecule has 1 fully saturated rings. The van der Waals surface area contributed by atoms with Crippen LogP contribution in [0.25, 0.3) is 5.76 Å². The Morgan fingerprint density at radius 3 is 2.45 bits per heavy atom. The van der Waals surface area contributed by atoms with Crippen LogP contribution in [0.1, 0.15) is 58.9 Å². The zero-order valence-electron chi connectivity index (χ0n) is 21.6. The molecule has 2 aromatic carbocycles. The lowest BCUT2D eigenvalue weighted by Crippen LogP contribution is -2.29. The Hall–Kier alpha value is -3.69. The Balaban J connectivity index is 1.88. The molecule has 4 rings (SSSR count). The van der Waals surface area contributed by atoms with E-state index in [1.807, 2.05) is 20.8 Å². The number of aliphatic hydroxyl groups excluding tert-OH is 1. The fraction of sp³-hybridized carbons (Fsp3) is 0.286. The number of benzene rings is 2. The van der Waals surface area contributed by atoms with Gasteiger partial charge in [-0.1, -0.05) is 35.1 Å². The monoisotopic (exact) mass is 554 g/mol. The fourth-order valence-electron chi connectivity index (χ4n) is 4.20. The topological polar surface area (TPSA) is 106 Å². The first-order chi connectivity index (χ1) is 18.0. The van der Waals surface area contributed by atoms with Crippen LogP contribution < -0.4 is 9.64 Å². The number of aryl methyl sites for hydroxylation is 2. The maximum Gasteiger partial charge on any atom is 0.350 e. The second-order valence-corrected chi connectivity index (χ2v) is 10.4. The van der Waals surface area contributed by atoms with Gasteiger partial charge in [-0.25, -0.2) is 9.78 Å². The number of nitrogens with zero attached hydrogens (tertiary/aromatic N) is 2. The van der Waals surface area contributed by atoms with E-state index < -0.39 is 23.7 Å². The van der Waals surface area contributed by atoms with E-state index in [2.05, 4.69) is 4.98 Å². The summed E-state index contributed by atoms with van der Waals surface area (Å²) in [5.74, 6) is -1.98. The van der Waals surface area contributed by atoms with Crippen LogP contribution in [0.3, 0.4) is 0 Å². The third-order valence-corrected chi connectivity index (χ3v) is 7.28. The minimum atomic E-state index is -1.00. The molecule has 1 amide bonds. The molecule has 8 nitrogen and oxygen atoms in total. The van der Waals surface area contributed by atoms with E-state index in [1.165, 1.54) is 4.90 Å². The van der Waals surface area contributed by atoms with Gasteiger partial charge in [-0.2, -0.15) is 0 Å². The van der Waals surface area contributed by atoms with Crippen molar-refractivity contribution in [2.75, 3.05) is 11.5 Å². The molecule has 2 heterocycles. The third-order valence-electron chi connectivity index (χ3n) is 5.89. The van der Waals surface area contributed by atoms with Crippen molar-refractivity contribution in [3.63, 3.8) is 0 Å². The molecule has 1 N–H and O–H groups in total. The molecule has 1 aromatic heterocycles. The van der Waals surface area contributed by atoms with Crippen LogP contribution in [0.5, 0.6) is 5.75 Å². The minimum Gasteiger partial charge on any atom is -0.507 e. The van der Waals surface area contributed by atoms with Gasteiger partial charge in [0.1, 0.15) is 16.4 Å². The van der Waals surface area contributed by atoms with Crippen molar-refractivity contribution in [1.82, 2.24) is 4.98 Å². The molecule has 10 heteroatoms. The highest BCUT2D eigenvalue weighted by Gasteiger charge is 2.48. The van der Waals surface area contributed by atoms with Gasteiger partial charge in [0.25, 0.3) is 5.78 Å². The lowest BCUT2D eigenvalue weighted by Gasteiger charge is -2.23. The molecule has 0 unspecified atom stereocenters. The van der Waals surface area contributed by atoms with E-state index in [9.17, 15) is 19.5 Å². The van der Waals surface area contributed by atoms with E-state index in [4.69, 9.17) is 21.1 Å². The van der Waals surface area contributed by atoms with Gasteiger partial charge in [0.15, 0.2) is 5.13 Å². The Bertz CT molecular complexity index is 1440. The van der Waals surface area contributed by atoms with Gasteiger partial charge < -0.3 is 14.6 Å². The van der Waals surface area contributed by atoms with Crippen molar-refractivity contribution in [2.24, 2.45) is 0 Å². The molecule has 0 saturated carbocycles. The first kappa shape index (κ1) is 27.3. The number of Topliss-reactive ketones (excluding diaryl/α,β-unsaturated/α-hetero) is 1. The molecule has 198 valence electrons. The minimum absolute atomic E-state index is 0.0374. The van der Waals surface area contributed by atoms with E-state index in [0.717, 1.165) is 16.9 Å². The Labute approximate surface area is 229 Å². The van der Waals surface area contributed by atoms with Gasteiger partial charge in [0.2, 0.25) is 0 Å². The molecule has 0 aliphatic carbocycles. The maximum atomic E-state index is 13.4. The number of carbonyl (C=O) groups excluding carboxylic acids is 3. The molecule has 0 bridgehead atoms. The van der Waals surface area contributed by atoms with Crippen LogP contribution in [-0.2, 0) is 14.3 Å². The van der Waals surface area contributed by atoms with Gasteiger partial charge >= 0.3 is 11.9 Å². The highest BCUT2D eigenvalue weighted by atomic mass is 35.5. The molecule has 0 spiro atoms. The van der Waals surface area contributed by atoms with Crippen LogP contribution in [0.15, 0.2) is 48.0 Å². The number of aliphatic hydroxyl groups is 1. The molecule has 38 heavy (non-hydrogen) atoms. The summed E-state index contributed by atoms with van der Waals surface area (Å²) >= 11 is 7.05. The standard InChI is InChI=1S/C28H27ClN2O6S/c1-6-36-27(35)25-16(5)30-28(38-25)31-22(17-7-10-19(29)11-8-17)21(24(33)26(31)34)23(32)18-9-12-20(15(4)13-18)37-14(2)3/h7-14,22,32H,6H2,1-5H3/b23-21+/t22-/m1/s1. The van der Waals surface area contributed by atoms with Crippen LogP contribution >= 0.6 is 22.9 Å². The van der Waals surface area contributed by atoms with Crippen molar-refractivity contribution in [1.29, 1.82) is 0 Å². The van der Waals surface area contributed by atoms with Crippen LogP contribution in [-0.4, -0.2) is 40.5 Å². The Morgan fingerprint density at radius 1 is 1.16 bits per heavy atom. The molecule has 1 aliphatic rings. The zero-order valence-corrected chi connectivity index (χ0v) is 23.1. The number of hydrogen-bond donors (Lipinski definition) is 1. The van der Waals surface area contributed by atoms with Crippen molar-refractivity contribution < 1.29 is 29.0 Å². The zero-order chi connectivity index (χ0) is 27.7. The number of carbonyl (C=O) groups is 3. The molecule has 0 radical (unpaired) electrons. The fourth-order valence-corrected chi connectivity index (χ4v) is 5.31. The quantitative estimate of drug-likeness (QED) is 0.165. The molecule has 1 saturated heterocycles. The second kappa shape index (κ2) is 11.0. The first-order valence-electron chi connectivity index (χ1n) is 12.0. The molecule has 1 atom stereocenters. The number of anilines is 1. The largest absolute Gasteiger partial charge is 0.507 e. The number of amides is 1. The summed E-state index contributed by atoms with van der Waals surface area (Å²) in [7, 11) is 0. The molecular weight excluding hydrogens is 528 g/mol. The average molecular weight is 555 g/mol. The van der Waals surface area contributed by atoms with Crippen molar-refractivity contribution in [2.45, 2.75) is 46.8 Å². The Kier molecular flexibility index (Phi) is 7.89. The highest BCUT2D eigenvalue weighted by molar-refractivity contribution is 7.17. The summed E-state index contributed by atoms with van der Waals surface area (Å²) in [6.45, 7) is 9.16. The number of rotatable bonds is 7. The first-order valence-corrected chi connectivity index (χ1v) is 13.2. The predicted molar refractivity (Wildman–Crippen MR) is 146 cm³/mol. The van der Waals surface area contributed by atoms with Gasteiger partial charge in [0, 0.05) is 10.6 Å². The maximum absolute atomic E-state index is 13.4. The lowest BCUT2D eigenvalue weighted by atomic mass is 9.95. The van der Waals surface area contributed by atoms with Crippen LogP contribution in [0, 0.1) is 13.8 Å². The van der Waals surface area contributed by atoms with Gasteiger partial charge in [0.05, 0.1) is 30.0 Å². The van der Waals surface area contributed by atoms with Crippen molar-refractivity contribution >= 4 is 51.5 Å². The van der Waals surface area contributed by atoms with Gasteiger partial charge in [-0.3, -0.25) is 14.5 Å². The third kappa shape index (κ3) is 5.16. The van der Waals surface area contributed by atoms with E-state index in [0.29, 0.717) is 27.6 Å². The van der Waals surface area contributed by atoms with Crippen molar-refractivity contribution in [3.8, 4) is 5.75 Å². The van der Waals surface area contributed by atoms with Crippen LogP contribution in [0.4, 0.5) is 5.13 Å². The summed E-state index contributed by atoms with van der Waals surface area (Å²) in [6.07, 6.45) is -0.0374. The number of hydrogen-bond acceptors (Lipinski definition) is 8. The summed E-state index contributed by atoms with van der Waals surface area (Å²) in [5, 5.41) is 12.0. The SMILES string of the molecule is CCOC(=O)c1sc(N2C(=O)C(=O)/C(=C(/O)c3ccc(OC(C)C)c(C)c3)[C@H]2c2ccc(Cl)cc2)nc1C. The molecule has 1 aliphatic heterocycles. The number of ether oxygens (including phenoxy) is 2. The summed E-state index contributed by atoms with van der Waals surface area (Å²) in [4.78, 5) is 45.1. The van der Waals surface area contributed by atoms with E-state index >= 15 is 0 Å². The predicted octanol–water partition coefficient (Wildman–Crippen LogP) is 6.00. The summed E-state index contributed by atoms with van der Waals surface area (Å²) in [5.41, 5.74) is 1.93. The highest BCUT2D eigenvalue weighted by Crippen LogP contribution is 2.44. The Morgan fingerprint density at radius 2 is 1.84 bits per heavy atom. The number of esters is 1. The number of ketones is 1. The lowest BCUT2D eigenvalue weighted by molar-refractivity contribution is -0.132. The van der Waals surface area contributed by atoms with E-state index in [-0.39, 0.29) is 34.1 Å². The summed E-state index contributed by atoms with van der Waals surface area (Å²) < 4.78 is 10.9. The van der Waals surface area contributed by atoms with Crippen LogP contribution in [0.2, 0.25) is 5.02 Å². The second-order valence-electron chi connectivity index (χ2n) is 9.00. The summed E-state index contributed by atoms with van der Waals surface area (Å²) in [6, 6.07) is 10.7.